The van der Waals surface area contributed by atoms with Crippen LogP contribution in [0.2, 0.25) is 0 Å². The van der Waals surface area contributed by atoms with E-state index in [9.17, 15) is 13.2 Å². The van der Waals surface area contributed by atoms with Crippen LogP contribution in [0.15, 0.2) is 29.7 Å². The molecule has 0 saturated carbocycles. The van der Waals surface area contributed by atoms with Crippen molar-refractivity contribution in [1.29, 1.82) is 0 Å². The number of hydrogen-bond donors (Lipinski definition) is 1. The number of nitrogens with one attached hydrogen (secondary N) is 1. The number of alkyl halides is 3. The zero-order chi connectivity index (χ0) is 16.0. The van der Waals surface area contributed by atoms with Crippen molar-refractivity contribution in [2.75, 3.05) is 13.1 Å². The third-order valence-corrected chi connectivity index (χ3v) is 4.58. The Morgan fingerprint density at radius 1 is 1.32 bits per heavy atom. The lowest BCUT2D eigenvalue weighted by Crippen LogP contribution is -2.37. The van der Waals surface area contributed by atoms with Gasteiger partial charge in [0.05, 0.1) is 11.1 Å². The van der Waals surface area contributed by atoms with Crippen molar-refractivity contribution >= 4 is 12.2 Å². The van der Waals surface area contributed by atoms with Gasteiger partial charge in [-0.05, 0) is 38.1 Å². The van der Waals surface area contributed by atoms with Gasteiger partial charge in [-0.25, -0.2) is 4.98 Å². The second-order valence-electron chi connectivity index (χ2n) is 5.93. The molecule has 1 N–H and O–H groups in total. The predicted octanol–water partition coefficient (Wildman–Crippen LogP) is 3.53. The van der Waals surface area contributed by atoms with Crippen LogP contribution in [0.1, 0.15) is 26.2 Å². The largest absolute Gasteiger partial charge is 0.414 e. The third kappa shape index (κ3) is 2.60. The molecule has 1 aromatic heterocycles. The number of halogens is 3. The van der Waals surface area contributed by atoms with Crippen molar-refractivity contribution in [1.82, 2.24) is 19.7 Å². The van der Waals surface area contributed by atoms with Crippen molar-refractivity contribution in [2.24, 2.45) is 0 Å². The number of hydrogen-bond acceptors (Lipinski definition) is 3. The highest BCUT2D eigenvalue weighted by Gasteiger charge is 2.44. The number of nitrogens with zero attached hydrogens (tertiary/aromatic N) is 3. The Hall–Kier alpha value is -1.57. The van der Waals surface area contributed by atoms with Gasteiger partial charge in [-0.2, -0.15) is 13.2 Å². The SMILES string of the molecule is CC1(n2[nH]cnc2=S)C=CC(N2CCCC2)=C(C(F)(F)F)C1. The van der Waals surface area contributed by atoms with Crippen LogP contribution in [-0.4, -0.2) is 38.9 Å². The van der Waals surface area contributed by atoms with Gasteiger partial charge >= 0.3 is 6.18 Å². The van der Waals surface area contributed by atoms with Gasteiger partial charge in [0.2, 0.25) is 4.77 Å². The second-order valence-corrected chi connectivity index (χ2v) is 6.29. The highest BCUT2D eigenvalue weighted by Crippen LogP contribution is 2.42. The van der Waals surface area contributed by atoms with Crippen LogP contribution in [-0.2, 0) is 5.54 Å². The first kappa shape index (κ1) is 15.3. The van der Waals surface area contributed by atoms with E-state index in [1.54, 1.807) is 19.1 Å². The molecule has 1 saturated heterocycles. The van der Waals surface area contributed by atoms with Gasteiger partial charge in [0, 0.05) is 25.2 Å². The molecule has 0 aromatic carbocycles. The molecule has 1 unspecified atom stereocenters. The molecule has 8 heteroatoms. The maximum Gasteiger partial charge on any atom is 0.414 e. The van der Waals surface area contributed by atoms with Crippen LogP contribution in [0.5, 0.6) is 0 Å². The maximum absolute atomic E-state index is 13.6. The van der Waals surface area contributed by atoms with Gasteiger partial charge in [-0.3, -0.25) is 9.78 Å². The third-order valence-electron chi connectivity index (χ3n) is 4.30. The fourth-order valence-electron chi connectivity index (χ4n) is 3.14. The molecule has 1 aliphatic heterocycles. The Bertz CT molecular complexity index is 679. The number of aromatic nitrogens is 3. The van der Waals surface area contributed by atoms with Crippen LogP contribution in [0.3, 0.4) is 0 Å². The molecule has 0 spiro atoms. The molecule has 1 atom stereocenters. The van der Waals surface area contributed by atoms with Gasteiger partial charge in [0.15, 0.2) is 0 Å². The Morgan fingerprint density at radius 3 is 2.55 bits per heavy atom. The summed E-state index contributed by atoms with van der Waals surface area (Å²) in [5, 5.41) is 2.82. The average molecular weight is 330 g/mol. The standard InChI is InChI=1S/C14H17F3N4S/c1-13(21-12(22)18-9-19-21)5-4-11(20-6-2-3-7-20)10(8-13)14(15,16)17/h4-5,9H,2-3,6-8H2,1H3,(H,18,19,22). The van der Waals surface area contributed by atoms with Crippen molar-refractivity contribution in [3.05, 3.63) is 34.5 Å². The summed E-state index contributed by atoms with van der Waals surface area (Å²) in [5.74, 6) is 0. The summed E-state index contributed by atoms with van der Waals surface area (Å²) >= 11 is 5.09. The number of likely N-dealkylation sites (tertiary alicyclic amines) is 1. The summed E-state index contributed by atoms with van der Waals surface area (Å²) in [6.45, 7) is 3.09. The first-order valence-corrected chi connectivity index (χ1v) is 7.59. The van der Waals surface area contributed by atoms with E-state index in [0.29, 0.717) is 18.8 Å². The van der Waals surface area contributed by atoms with E-state index < -0.39 is 17.3 Å². The molecule has 4 nitrogen and oxygen atoms in total. The maximum atomic E-state index is 13.6. The molecular weight excluding hydrogens is 313 g/mol. The first-order chi connectivity index (χ1) is 10.3. The van der Waals surface area contributed by atoms with E-state index in [-0.39, 0.29) is 11.2 Å². The molecule has 120 valence electrons. The van der Waals surface area contributed by atoms with E-state index in [1.807, 2.05) is 4.90 Å². The molecule has 2 aliphatic rings. The molecule has 1 fully saturated rings. The summed E-state index contributed by atoms with van der Waals surface area (Å²) in [6, 6.07) is 0. The smallest absolute Gasteiger partial charge is 0.371 e. The lowest BCUT2D eigenvalue weighted by molar-refractivity contribution is -0.0985. The van der Waals surface area contributed by atoms with Crippen molar-refractivity contribution in [3.63, 3.8) is 0 Å². The fourth-order valence-corrected chi connectivity index (χ4v) is 3.45. The second kappa shape index (κ2) is 5.26. The highest BCUT2D eigenvalue weighted by atomic mass is 32.1. The summed E-state index contributed by atoms with van der Waals surface area (Å²) in [6.07, 6.45) is 2.12. The topological polar surface area (TPSA) is 36.9 Å². The molecule has 2 heterocycles. The van der Waals surface area contributed by atoms with Gasteiger partial charge in [-0.15, -0.1) is 0 Å². The Kier molecular flexibility index (Phi) is 3.66. The molecule has 0 bridgehead atoms. The summed E-state index contributed by atoms with van der Waals surface area (Å²) in [7, 11) is 0. The molecule has 0 amide bonds. The molecular formula is C14H17F3N4S. The van der Waals surface area contributed by atoms with Gasteiger partial charge < -0.3 is 4.90 Å². The Labute approximate surface area is 131 Å². The van der Waals surface area contributed by atoms with E-state index >= 15 is 0 Å². The van der Waals surface area contributed by atoms with Crippen LogP contribution in [0.25, 0.3) is 0 Å². The number of aromatic amines is 1. The first-order valence-electron chi connectivity index (χ1n) is 7.19. The average Bonchev–Trinajstić information content (AvgIpc) is 3.09. The van der Waals surface area contributed by atoms with Crippen molar-refractivity contribution in [3.8, 4) is 0 Å². The summed E-state index contributed by atoms with van der Waals surface area (Å²) in [4.78, 5) is 5.73. The predicted molar refractivity (Wildman–Crippen MR) is 78.7 cm³/mol. The van der Waals surface area contributed by atoms with Crippen LogP contribution >= 0.6 is 12.2 Å². The van der Waals surface area contributed by atoms with E-state index in [0.717, 1.165) is 12.8 Å². The summed E-state index contributed by atoms with van der Waals surface area (Å²) in [5.41, 5.74) is -1.08. The molecule has 3 rings (SSSR count). The van der Waals surface area contributed by atoms with Gasteiger partial charge in [-0.1, -0.05) is 6.08 Å². The zero-order valence-corrected chi connectivity index (χ0v) is 13.0. The van der Waals surface area contributed by atoms with Gasteiger partial charge in [0.25, 0.3) is 0 Å². The zero-order valence-electron chi connectivity index (χ0n) is 12.2. The van der Waals surface area contributed by atoms with Gasteiger partial charge in [0.1, 0.15) is 6.33 Å². The number of allylic oxidation sites excluding steroid dienone is 3. The van der Waals surface area contributed by atoms with E-state index in [4.69, 9.17) is 12.2 Å². The number of rotatable bonds is 2. The van der Waals surface area contributed by atoms with Crippen LogP contribution in [0.4, 0.5) is 13.2 Å². The van der Waals surface area contributed by atoms with Crippen LogP contribution < -0.4 is 0 Å². The lowest BCUT2D eigenvalue weighted by Gasteiger charge is -2.35. The summed E-state index contributed by atoms with van der Waals surface area (Å²) < 4.78 is 42.4. The van der Waals surface area contributed by atoms with Crippen LogP contribution in [0, 0.1) is 4.77 Å². The molecule has 1 aromatic rings. The monoisotopic (exact) mass is 330 g/mol. The minimum atomic E-state index is -4.36. The minimum absolute atomic E-state index is 0.157. The number of H-pyrrole nitrogens is 1. The fraction of sp³-hybridized carbons (Fsp3) is 0.571. The Morgan fingerprint density at radius 2 is 2.00 bits per heavy atom. The van der Waals surface area contributed by atoms with E-state index in [2.05, 4.69) is 10.1 Å². The quantitative estimate of drug-likeness (QED) is 0.843. The minimum Gasteiger partial charge on any atom is -0.371 e. The molecule has 22 heavy (non-hydrogen) atoms. The van der Waals surface area contributed by atoms with E-state index in [1.165, 1.54) is 11.0 Å². The highest BCUT2D eigenvalue weighted by molar-refractivity contribution is 7.71. The molecule has 0 radical (unpaired) electrons. The normalized spacial score (nSPS) is 26.1. The molecule has 1 aliphatic carbocycles. The lowest BCUT2D eigenvalue weighted by atomic mass is 9.86. The van der Waals surface area contributed by atoms with Crippen molar-refractivity contribution in [2.45, 2.75) is 37.9 Å². The van der Waals surface area contributed by atoms with Crippen molar-refractivity contribution < 1.29 is 13.2 Å². The Balaban J connectivity index is 2.03.